The molecule has 2 atom stereocenters. The molecule has 3 aromatic rings. The number of morpholine rings is 1. The molecule has 5 rings (SSSR count). The molecule has 0 amide bonds. The lowest BCUT2D eigenvalue weighted by Gasteiger charge is -2.36. The van der Waals surface area contributed by atoms with Gasteiger partial charge in [0.1, 0.15) is 0 Å². The molecule has 2 aromatic carbocycles. The molecule has 0 spiro atoms. The zero-order chi connectivity index (χ0) is 22.5. The Labute approximate surface area is 195 Å². The molecule has 2 fully saturated rings. The second-order valence-electron chi connectivity index (χ2n) is 8.79. The molecule has 7 nitrogen and oxygen atoms in total. The minimum absolute atomic E-state index is 0.222. The van der Waals surface area contributed by atoms with Gasteiger partial charge in [-0.2, -0.15) is 0 Å². The van der Waals surface area contributed by atoms with Gasteiger partial charge in [0.25, 0.3) is 0 Å². The van der Waals surface area contributed by atoms with Gasteiger partial charge in [-0.15, -0.1) is 0 Å². The fourth-order valence-corrected chi connectivity index (χ4v) is 4.89. The van der Waals surface area contributed by atoms with Gasteiger partial charge in [0.15, 0.2) is 5.96 Å². The highest BCUT2D eigenvalue weighted by molar-refractivity contribution is 5.80. The van der Waals surface area contributed by atoms with E-state index in [1.165, 1.54) is 16.7 Å². The van der Waals surface area contributed by atoms with Crippen LogP contribution in [0.3, 0.4) is 0 Å². The van der Waals surface area contributed by atoms with Crippen LogP contribution in [0.15, 0.2) is 78.3 Å². The highest BCUT2D eigenvalue weighted by Crippen LogP contribution is 2.24. The summed E-state index contributed by atoms with van der Waals surface area (Å²) >= 11 is 0. The first-order chi connectivity index (χ1) is 16.3. The molecule has 3 heterocycles. The number of aromatic nitrogens is 2. The van der Waals surface area contributed by atoms with Crippen LogP contribution in [0.4, 0.5) is 0 Å². The summed E-state index contributed by atoms with van der Waals surface area (Å²) in [6.45, 7) is 6.10. The highest BCUT2D eigenvalue weighted by atomic mass is 16.5. The van der Waals surface area contributed by atoms with Crippen molar-refractivity contribution in [2.75, 3.05) is 33.3 Å². The number of imidazole rings is 1. The van der Waals surface area contributed by atoms with Gasteiger partial charge < -0.3 is 19.5 Å². The maximum absolute atomic E-state index is 6.15. The third-order valence-electron chi connectivity index (χ3n) is 6.52. The highest BCUT2D eigenvalue weighted by Gasteiger charge is 2.41. The summed E-state index contributed by atoms with van der Waals surface area (Å²) in [6, 6.07) is 19.8. The SMILES string of the molecule is CN=C(NCc1cccc(Cn2ccnc2)c1)N1CC2OCCN(Cc3ccccc3)C2C1. The average Bonchev–Trinajstić information content (AvgIpc) is 3.51. The Morgan fingerprint density at radius 1 is 1.06 bits per heavy atom. The van der Waals surface area contributed by atoms with Gasteiger partial charge in [-0.05, 0) is 16.7 Å². The molecule has 7 heteroatoms. The Balaban J connectivity index is 1.20. The van der Waals surface area contributed by atoms with Crippen LogP contribution in [0.5, 0.6) is 0 Å². The van der Waals surface area contributed by atoms with Crippen molar-refractivity contribution >= 4 is 5.96 Å². The zero-order valence-electron chi connectivity index (χ0n) is 19.2. The van der Waals surface area contributed by atoms with Gasteiger partial charge in [0.2, 0.25) is 0 Å². The van der Waals surface area contributed by atoms with Gasteiger partial charge >= 0.3 is 0 Å². The fraction of sp³-hybridized carbons (Fsp3) is 0.385. The summed E-state index contributed by atoms with van der Waals surface area (Å²) in [7, 11) is 1.86. The molecule has 172 valence electrons. The van der Waals surface area contributed by atoms with Crippen LogP contribution in [0, 0.1) is 0 Å². The third-order valence-corrected chi connectivity index (χ3v) is 6.52. The summed E-state index contributed by atoms with van der Waals surface area (Å²) in [5.74, 6) is 0.938. The Morgan fingerprint density at radius 2 is 1.91 bits per heavy atom. The predicted molar refractivity (Wildman–Crippen MR) is 130 cm³/mol. The van der Waals surface area contributed by atoms with Crippen LogP contribution in [0.2, 0.25) is 0 Å². The average molecular weight is 445 g/mol. The van der Waals surface area contributed by atoms with Crippen molar-refractivity contribution in [3.8, 4) is 0 Å². The molecular weight excluding hydrogens is 412 g/mol. The summed E-state index contributed by atoms with van der Waals surface area (Å²) in [4.78, 5) is 13.6. The van der Waals surface area contributed by atoms with Crippen LogP contribution >= 0.6 is 0 Å². The molecular formula is C26H32N6O. The van der Waals surface area contributed by atoms with E-state index in [2.05, 4.69) is 84.3 Å². The Hall–Kier alpha value is -3.16. The maximum Gasteiger partial charge on any atom is 0.194 e. The maximum atomic E-state index is 6.15. The van der Waals surface area contributed by atoms with Gasteiger partial charge in [0, 0.05) is 58.7 Å². The number of hydrogen-bond acceptors (Lipinski definition) is 4. The number of nitrogens with one attached hydrogen (secondary N) is 1. The molecule has 0 bridgehead atoms. The number of rotatable bonds is 6. The van der Waals surface area contributed by atoms with Gasteiger partial charge in [-0.3, -0.25) is 9.89 Å². The van der Waals surface area contributed by atoms with E-state index < -0.39 is 0 Å². The number of guanidine groups is 1. The van der Waals surface area contributed by atoms with E-state index in [4.69, 9.17) is 4.74 Å². The number of fused-ring (bicyclic) bond motifs is 1. The molecule has 1 N–H and O–H groups in total. The van der Waals surface area contributed by atoms with Crippen molar-refractivity contribution in [3.05, 3.63) is 90.0 Å². The summed E-state index contributed by atoms with van der Waals surface area (Å²) in [6.07, 6.45) is 5.87. The number of aliphatic imine (C=N–C) groups is 1. The first kappa shape index (κ1) is 21.7. The molecule has 33 heavy (non-hydrogen) atoms. The number of ether oxygens (including phenoxy) is 1. The monoisotopic (exact) mass is 444 g/mol. The number of hydrogen-bond donors (Lipinski definition) is 1. The second-order valence-corrected chi connectivity index (χ2v) is 8.79. The Bertz CT molecular complexity index is 1050. The summed E-state index contributed by atoms with van der Waals surface area (Å²) < 4.78 is 8.23. The normalized spacial score (nSPS) is 21.2. The van der Waals surface area contributed by atoms with E-state index in [0.717, 1.165) is 51.8 Å². The Kier molecular flexibility index (Phi) is 6.69. The number of benzene rings is 2. The van der Waals surface area contributed by atoms with Crippen molar-refractivity contribution < 1.29 is 4.74 Å². The Morgan fingerprint density at radius 3 is 2.73 bits per heavy atom. The number of likely N-dealkylation sites (tertiary alicyclic amines) is 1. The fourth-order valence-electron chi connectivity index (χ4n) is 4.89. The van der Waals surface area contributed by atoms with Crippen LogP contribution in [0.25, 0.3) is 0 Å². The molecule has 2 unspecified atom stereocenters. The standard InChI is InChI=1S/C26H32N6O/c1-27-26(29-15-22-8-5-9-23(14-22)16-30-11-10-28-20-30)32-18-24-25(19-32)33-13-12-31(24)17-21-6-3-2-4-7-21/h2-11,14,20,24-25H,12-13,15-19H2,1H3,(H,27,29). The lowest BCUT2D eigenvalue weighted by molar-refractivity contribution is -0.0502. The van der Waals surface area contributed by atoms with Crippen molar-refractivity contribution in [1.29, 1.82) is 0 Å². The third kappa shape index (κ3) is 5.26. The van der Waals surface area contributed by atoms with E-state index in [1.807, 2.05) is 25.8 Å². The van der Waals surface area contributed by atoms with Gasteiger partial charge in [-0.25, -0.2) is 4.98 Å². The van der Waals surface area contributed by atoms with Crippen LogP contribution in [-0.4, -0.2) is 70.7 Å². The lowest BCUT2D eigenvalue weighted by Crippen LogP contribution is -2.50. The lowest BCUT2D eigenvalue weighted by atomic mass is 10.1. The van der Waals surface area contributed by atoms with E-state index in [1.54, 1.807) is 0 Å². The molecule has 2 saturated heterocycles. The quantitative estimate of drug-likeness (QED) is 0.468. The summed E-state index contributed by atoms with van der Waals surface area (Å²) in [5.41, 5.74) is 3.86. The number of nitrogens with zero attached hydrogens (tertiary/aromatic N) is 5. The minimum Gasteiger partial charge on any atom is -0.373 e. The molecule has 2 aliphatic rings. The van der Waals surface area contributed by atoms with E-state index in [9.17, 15) is 0 Å². The van der Waals surface area contributed by atoms with Crippen LogP contribution < -0.4 is 5.32 Å². The topological polar surface area (TPSA) is 57.9 Å². The van der Waals surface area contributed by atoms with E-state index in [0.29, 0.717) is 6.04 Å². The first-order valence-electron chi connectivity index (χ1n) is 11.7. The van der Waals surface area contributed by atoms with Crippen LogP contribution in [-0.2, 0) is 24.4 Å². The molecule has 2 aliphatic heterocycles. The van der Waals surface area contributed by atoms with Crippen molar-refractivity contribution in [2.24, 2.45) is 4.99 Å². The zero-order valence-corrected chi connectivity index (χ0v) is 19.2. The van der Waals surface area contributed by atoms with E-state index in [-0.39, 0.29) is 6.10 Å². The summed E-state index contributed by atoms with van der Waals surface area (Å²) in [5, 5.41) is 3.57. The molecule has 1 aromatic heterocycles. The van der Waals surface area contributed by atoms with Gasteiger partial charge in [0.05, 0.1) is 25.1 Å². The van der Waals surface area contributed by atoms with Crippen molar-refractivity contribution in [1.82, 2.24) is 24.7 Å². The van der Waals surface area contributed by atoms with Crippen molar-refractivity contribution in [3.63, 3.8) is 0 Å². The molecule has 0 aliphatic carbocycles. The van der Waals surface area contributed by atoms with Crippen LogP contribution in [0.1, 0.15) is 16.7 Å². The van der Waals surface area contributed by atoms with E-state index >= 15 is 0 Å². The minimum atomic E-state index is 0.222. The first-order valence-corrected chi connectivity index (χ1v) is 11.7. The molecule has 0 radical (unpaired) electrons. The predicted octanol–water partition coefficient (Wildman–Crippen LogP) is 2.59. The largest absolute Gasteiger partial charge is 0.373 e. The molecule has 0 saturated carbocycles. The smallest absolute Gasteiger partial charge is 0.194 e. The second kappa shape index (κ2) is 10.2. The van der Waals surface area contributed by atoms with Gasteiger partial charge in [-0.1, -0.05) is 54.6 Å². The van der Waals surface area contributed by atoms with Crippen molar-refractivity contribution in [2.45, 2.75) is 31.8 Å².